The summed E-state index contributed by atoms with van der Waals surface area (Å²) >= 11 is 2.04. The predicted molar refractivity (Wildman–Crippen MR) is 112 cm³/mol. The molecule has 1 atom stereocenters. The van der Waals surface area contributed by atoms with Gasteiger partial charge in [0.05, 0.1) is 0 Å². The highest BCUT2D eigenvalue weighted by Crippen LogP contribution is 2.36. The first kappa shape index (κ1) is 20.4. The molecule has 1 aliphatic heterocycles. The summed E-state index contributed by atoms with van der Waals surface area (Å²) in [5.74, 6) is 2.07. The van der Waals surface area contributed by atoms with Crippen molar-refractivity contribution in [3.63, 3.8) is 0 Å². The minimum absolute atomic E-state index is 0.114. The third kappa shape index (κ3) is 6.78. The van der Waals surface area contributed by atoms with Gasteiger partial charge in [-0.15, -0.1) is 0 Å². The monoisotopic (exact) mass is 377 g/mol. The smallest absolute Gasteiger partial charge is 0.319 e. The number of rotatable bonds is 6. The molecule has 6 nitrogen and oxygen atoms in total. The Morgan fingerprint density at radius 2 is 2.00 bits per heavy atom. The summed E-state index contributed by atoms with van der Waals surface area (Å²) < 4.78 is 0.307. The van der Waals surface area contributed by atoms with Gasteiger partial charge in [0.1, 0.15) is 0 Å². The van der Waals surface area contributed by atoms with E-state index in [0.717, 1.165) is 23.8 Å². The van der Waals surface area contributed by atoms with E-state index in [-0.39, 0.29) is 12.1 Å². The molecule has 7 heteroatoms. The molecule has 0 bridgehead atoms. The summed E-state index contributed by atoms with van der Waals surface area (Å²) in [6.45, 7) is 7.78. The van der Waals surface area contributed by atoms with Gasteiger partial charge in [0.25, 0.3) is 0 Å². The number of anilines is 1. The van der Waals surface area contributed by atoms with Crippen LogP contribution in [0, 0.1) is 0 Å². The number of aliphatic imine (C=N–C) groups is 1. The van der Waals surface area contributed by atoms with Crippen LogP contribution in [-0.4, -0.2) is 42.1 Å². The lowest BCUT2D eigenvalue weighted by molar-refractivity contribution is 0.250. The van der Waals surface area contributed by atoms with Crippen molar-refractivity contribution >= 4 is 29.4 Å². The predicted octanol–water partition coefficient (Wildman–Crippen LogP) is 3.17. The van der Waals surface area contributed by atoms with Crippen molar-refractivity contribution in [2.24, 2.45) is 4.99 Å². The number of urea groups is 1. The Balaban J connectivity index is 1.77. The number of hydrogen-bond acceptors (Lipinski definition) is 3. The molecule has 144 valence electrons. The van der Waals surface area contributed by atoms with Crippen LogP contribution in [0.3, 0.4) is 0 Å². The topological polar surface area (TPSA) is 77.5 Å². The van der Waals surface area contributed by atoms with E-state index in [1.54, 1.807) is 7.05 Å². The lowest BCUT2D eigenvalue weighted by Crippen LogP contribution is -2.43. The largest absolute Gasteiger partial charge is 0.355 e. The highest BCUT2D eigenvalue weighted by molar-refractivity contribution is 8.00. The average molecular weight is 378 g/mol. The van der Waals surface area contributed by atoms with Crippen LogP contribution in [0.5, 0.6) is 0 Å². The molecule has 26 heavy (non-hydrogen) atoms. The first-order chi connectivity index (χ1) is 12.4. The molecule has 0 spiro atoms. The van der Waals surface area contributed by atoms with Crippen molar-refractivity contribution in [3.8, 4) is 0 Å². The summed E-state index contributed by atoms with van der Waals surface area (Å²) in [7, 11) is 1.79. The Labute approximate surface area is 161 Å². The molecule has 0 aromatic heterocycles. The van der Waals surface area contributed by atoms with Gasteiger partial charge in [0.15, 0.2) is 5.96 Å². The molecule has 0 saturated carbocycles. The number of benzene rings is 1. The van der Waals surface area contributed by atoms with E-state index in [1.807, 2.05) is 49.9 Å². The minimum atomic E-state index is -0.186. The van der Waals surface area contributed by atoms with Gasteiger partial charge in [-0.25, -0.2) is 4.79 Å². The lowest BCUT2D eigenvalue weighted by Gasteiger charge is -2.24. The van der Waals surface area contributed by atoms with Crippen LogP contribution in [0.2, 0.25) is 0 Å². The molecule has 2 amide bonds. The molecule has 1 fully saturated rings. The van der Waals surface area contributed by atoms with Gasteiger partial charge < -0.3 is 21.3 Å². The van der Waals surface area contributed by atoms with Crippen LogP contribution in [0.15, 0.2) is 29.3 Å². The molecule has 2 rings (SSSR count). The highest BCUT2D eigenvalue weighted by atomic mass is 32.2. The normalized spacial score (nSPS) is 20.1. The summed E-state index contributed by atoms with van der Waals surface area (Å²) in [6, 6.07) is 7.74. The molecular weight excluding hydrogens is 346 g/mol. The fourth-order valence-electron chi connectivity index (χ4n) is 2.79. The number of carbonyl (C=O) groups is 1. The fraction of sp³-hybridized carbons (Fsp3) is 0.579. The van der Waals surface area contributed by atoms with Gasteiger partial charge >= 0.3 is 6.03 Å². The van der Waals surface area contributed by atoms with Crippen molar-refractivity contribution < 1.29 is 4.79 Å². The van der Waals surface area contributed by atoms with Gasteiger partial charge in [-0.3, -0.25) is 4.99 Å². The van der Waals surface area contributed by atoms with Gasteiger partial charge in [-0.2, -0.15) is 11.8 Å². The van der Waals surface area contributed by atoms with Crippen LogP contribution < -0.4 is 21.3 Å². The third-order valence-corrected chi connectivity index (χ3v) is 5.78. The van der Waals surface area contributed by atoms with Gasteiger partial charge in [0.2, 0.25) is 0 Å². The van der Waals surface area contributed by atoms with Crippen molar-refractivity contribution in [3.05, 3.63) is 29.8 Å². The maximum absolute atomic E-state index is 11.7. The number of nitrogens with zero attached hydrogens (tertiary/aromatic N) is 1. The van der Waals surface area contributed by atoms with Crippen molar-refractivity contribution in [2.45, 2.75) is 50.9 Å². The van der Waals surface area contributed by atoms with Crippen LogP contribution in [0.1, 0.15) is 39.2 Å². The Morgan fingerprint density at radius 1 is 1.27 bits per heavy atom. The van der Waals surface area contributed by atoms with Crippen LogP contribution in [0.4, 0.5) is 10.5 Å². The third-order valence-electron chi connectivity index (χ3n) is 4.25. The second kappa shape index (κ2) is 9.71. The molecule has 1 aliphatic rings. The summed E-state index contributed by atoms with van der Waals surface area (Å²) in [5, 5.41) is 12.4. The molecular formula is C19H31N5OS. The first-order valence-electron chi connectivity index (χ1n) is 9.15. The molecule has 1 aromatic rings. The number of thioether (sulfide) groups is 1. The fourth-order valence-corrected chi connectivity index (χ4v) is 4.03. The number of hydrogen-bond donors (Lipinski definition) is 4. The Hall–Kier alpha value is -1.89. The van der Waals surface area contributed by atoms with Gasteiger partial charge in [0, 0.05) is 36.6 Å². The van der Waals surface area contributed by atoms with E-state index in [2.05, 4.69) is 33.2 Å². The SMILES string of the molecule is CN=C(NCc1ccc(NC(=O)NC(C)C)cc1)NCC1(C)CCCS1. The molecule has 1 heterocycles. The number of guanidine groups is 1. The van der Waals surface area contributed by atoms with E-state index >= 15 is 0 Å². The maximum atomic E-state index is 11.7. The first-order valence-corrected chi connectivity index (χ1v) is 10.1. The van der Waals surface area contributed by atoms with Crippen LogP contribution >= 0.6 is 11.8 Å². The zero-order chi connectivity index (χ0) is 19.0. The molecule has 0 radical (unpaired) electrons. The second-order valence-corrected chi connectivity index (χ2v) is 8.81. The molecule has 0 aliphatic carbocycles. The van der Waals surface area contributed by atoms with Gasteiger partial charge in [-0.1, -0.05) is 12.1 Å². The quantitative estimate of drug-likeness (QED) is 0.454. The zero-order valence-corrected chi connectivity index (χ0v) is 17.0. The second-order valence-electron chi connectivity index (χ2n) is 7.13. The van der Waals surface area contributed by atoms with Crippen molar-refractivity contribution in [1.29, 1.82) is 0 Å². The standard InChI is InChI=1S/C19H31N5OS/c1-14(2)23-18(25)24-16-8-6-15(7-9-16)12-21-17(20-4)22-13-19(3)10-5-11-26-19/h6-9,14H,5,10-13H2,1-4H3,(H2,20,21,22)(H2,23,24,25). The van der Waals surface area contributed by atoms with Crippen LogP contribution in [-0.2, 0) is 6.54 Å². The van der Waals surface area contributed by atoms with E-state index in [9.17, 15) is 4.79 Å². The highest BCUT2D eigenvalue weighted by Gasteiger charge is 2.29. The Bertz CT molecular complexity index is 609. The van der Waals surface area contributed by atoms with Crippen LogP contribution in [0.25, 0.3) is 0 Å². The summed E-state index contributed by atoms with van der Waals surface area (Å²) in [6.07, 6.45) is 2.55. The zero-order valence-electron chi connectivity index (χ0n) is 16.2. The number of carbonyl (C=O) groups excluding carboxylic acids is 1. The van der Waals surface area contributed by atoms with Crippen molar-refractivity contribution in [2.75, 3.05) is 24.7 Å². The molecule has 1 unspecified atom stereocenters. The minimum Gasteiger partial charge on any atom is -0.355 e. The lowest BCUT2D eigenvalue weighted by atomic mass is 10.1. The molecule has 1 saturated heterocycles. The summed E-state index contributed by atoms with van der Waals surface area (Å²) in [5.41, 5.74) is 1.91. The van der Waals surface area contributed by atoms with E-state index in [1.165, 1.54) is 18.6 Å². The number of amides is 2. The Morgan fingerprint density at radius 3 is 2.58 bits per heavy atom. The van der Waals surface area contributed by atoms with Gasteiger partial charge in [-0.05, 0) is 57.1 Å². The maximum Gasteiger partial charge on any atom is 0.319 e. The van der Waals surface area contributed by atoms with Crippen molar-refractivity contribution in [1.82, 2.24) is 16.0 Å². The average Bonchev–Trinajstić information content (AvgIpc) is 3.02. The molecule has 4 N–H and O–H groups in total. The summed E-state index contributed by atoms with van der Waals surface area (Å²) in [4.78, 5) is 16.0. The van der Waals surface area contributed by atoms with E-state index in [4.69, 9.17) is 0 Å². The van der Waals surface area contributed by atoms with E-state index < -0.39 is 0 Å². The number of nitrogens with one attached hydrogen (secondary N) is 4. The molecule has 1 aromatic carbocycles. The Kier molecular flexibility index (Phi) is 7.63. The van der Waals surface area contributed by atoms with E-state index in [0.29, 0.717) is 11.3 Å².